The highest BCUT2D eigenvalue weighted by atomic mass is 16.5. The lowest BCUT2D eigenvalue weighted by atomic mass is 9.66. The molecule has 0 spiro atoms. The third kappa shape index (κ3) is 3.38. The highest BCUT2D eigenvalue weighted by Gasteiger charge is 2.43. The smallest absolute Gasteiger partial charge is 0.118 e. The molecule has 1 aromatic rings. The number of hydrogen-bond donors (Lipinski definition) is 0. The largest absolute Gasteiger partial charge is 0.550 e. The van der Waals surface area contributed by atoms with E-state index in [1.54, 1.807) is 7.11 Å². The lowest BCUT2D eigenvalue weighted by Gasteiger charge is -2.47. The number of carbonyl (C=O) groups is 1. The standard InChI is InChI=1S/C17H24O4/c1-4-16(2)12-17(9-10-21-16,11-15(18)19)13-5-7-14(20-3)8-6-13/h5-8H,4,9-12H2,1-3H3,(H,18,19)/p-1/t16-,17+/m1/s1. The van der Waals surface area contributed by atoms with E-state index in [2.05, 4.69) is 13.8 Å². The third-order valence-corrected chi connectivity index (χ3v) is 4.68. The minimum Gasteiger partial charge on any atom is -0.550 e. The normalized spacial score (nSPS) is 29.1. The fourth-order valence-electron chi connectivity index (χ4n) is 3.30. The Morgan fingerprint density at radius 1 is 1.38 bits per heavy atom. The van der Waals surface area contributed by atoms with E-state index in [4.69, 9.17) is 9.47 Å². The van der Waals surface area contributed by atoms with Gasteiger partial charge >= 0.3 is 0 Å². The highest BCUT2D eigenvalue weighted by Crippen LogP contribution is 2.45. The Labute approximate surface area is 126 Å². The summed E-state index contributed by atoms with van der Waals surface area (Å²) >= 11 is 0. The molecule has 21 heavy (non-hydrogen) atoms. The van der Waals surface area contributed by atoms with Crippen LogP contribution < -0.4 is 9.84 Å². The molecule has 2 rings (SSSR count). The second-order valence-corrected chi connectivity index (χ2v) is 6.14. The van der Waals surface area contributed by atoms with Crippen molar-refractivity contribution in [3.63, 3.8) is 0 Å². The van der Waals surface area contributed by atoms with E-state index in [1.165, 1.54) is 0 Å². The van der Waals surface area contributed by atoms with Crippen LogP contribution in [0, 0.1) is 0 Å². The van der Waals surface area contributed by atoms with Crippen LogP contribution in [-0.2, 0) is 14.9 Å². The highest BCUT2D eigenvalue weighted by molar-refractivity contribution is 5.67. The minimum absolute atomic E-state index is 0.0261. The summed E-state index contributed by atoms with van der Waals surface area (Å²) < 4.78 is 11.1. The molecule has 0 aromatic heterocycles. The number of methoxy groups -OCH3 is 1. The SMILES string of the molecule is CC[C@]1(C)C[C@](CC(=O)[O-])(c2ccc(OC)cc2)CCO1. The van der Waals surface area contributed by atoms with Crippen molar-refractivity contribution < 1.29 is 19.4 Å². The van der Waals surface area contributed by atoms with Crippen molar-refractivity contribution >= 4 is 5.97 Å². The third-order valence-electron chi connectivity index (χ3n) is 4.68. The van der Waals surface area contributed by atoms with Crippen LogP contribution in [0.1, 0.15) is 45.1 Å². The average molecular weight is 291 g/mol. The number of hydrogen-bond acceptors (Lipinski definition) is 4. The lowest BCUT2D eigenvalue weighted by Crippen LogP contribution is -2.48. The number of ether oxygens (including phenoxy) is 2. The zero-order valence-electron chi connectivity index (χ0n) is 13.0. The predicted octanol–water partition coefficient (Wildman–Crippen LogP) is 2.05. The fourth-order valence-corrected chi connectivity index (χ4v) is 3.30. The summed E-state index contributed by atoms with van der Waals surface area (Å²) in [6, 6.07) is 7.68. The molecule has 1 saturated heterocycles. The maximum absolute atomic E-state index is 11.3. The number of aliphatic carboxylic acids is 1. The van der Waals surface area contributed by atoms with Crippen LogP contribution in [0.5, 0.6) is 5.75 Å². The molecule has 2 atom stereocenters. The van der Waals surface area contributed by atoms with E-state index in [-0.39, 0.29) is 12.0 Å². The Bertz CT molecular complexity index is 496. The summed E-state index contributed by atoms with van der Waals surface area (Å²) in [7, 11) is 1.62. The number of carboxylic acids is 1. The molecule has 0 amide bonds. The van der Waals surface area contributed by atoms with Gasteiger partial charge in [-0.25, -0.2) is 0 Å². The van der Waals surface area contributed by atoms with Crippen LogP contribution in [0.3, 0.4) is 0 Å². The van der Waals surface area contributed by atoms with Crippen LogP contribution in [0.25, 0.3) is 0 Å². The Morgan fingerprint density at radius 3 is 2.57 bits per heavy atom. The first-order valence-corrected chi connectivity index (χ1v) is 7.41. The van der Waals surface area contributed by atoms with Crippen molar-refractivity contribution in [3.05, 3.63) is 29.8 Å². The lowest BCUT2D eigenvalue weighted by molar-refractivity contribution is -0.308. The molecule has 1 heterocycles. The van der Waals surface area contributed by atoms with Gasteiger partial charge in [0.25, 0.3) is 0 Å². The summed E-state index contributed by atoms with van der Waals surface area (Å²) in [6.45, 7) is 4.70. The summed E-state index contributed by atoms with van der Waals surface area (Å²) in [6.07, 6.45) is 2.27. The Hall–Kier alpha value is -1.55. The van der Waals surface area contributed by atoms with Crippen LogP contribution >= 0.6 is 0 Å². The van der Waals surface area contributed by atoms with Gasteiger partial charge < -0.3 is 19.4 Å². The van der Waals surface area contributed by atoms with Crippen molar-refractivity contribution in [1.82, 2.24) is 0 Å². The monoisotopic (exact) mass is 291 g/mol. The van der Waals surface area contributed by atoms with Crippen molar-refractivity contribution in [2.45, 2.75) is 50.5 Å². The van der Waals surface area contributed by atoms with Gasteiger partial charge in [0.1, 0.15) is 5.75 Å². The second kappa shape index (κ2) is 6.06. The summed E-state index contributed by atoms with van der Waals surface area (Å²) in [5.41, 5.74) is 0.317. The number of carboxylic acid groups (broad SMARTS) is 1. The van der Waals surface area contributed by atoms with Crippen LogP contribution in [0.4, 0.5) is 0 Å². The van der Waals surface area contributed by atoms with E-state index in [9.17, 15) is 9.90 Å². The molecular weight excluding hydrogens is 268 g/mol. The molecule has 0 aliphatic carbocycles. The molecule has 0 unspecified atom stereocenters. The molecule has 4 heteroatoms. The first-order valence-electron chi connectivity index (χ1n) is 7.41. The number of carbonyl (C=O) groups excluding carboxylic acids is 1. The molecule has 116 valence electrons. The van der Waals surface area contributed by atoms with Gasteiger partial charge in [-0.1, -0.05) is 19.1 Å². The molecule has 1 aliphatic rings. The van der Waals surface area contributed by atoms with Gasteiger partial charge in [0.2, 0.25) is 0 Å². The second-order valence-electron chi connectivity index (χ2n) is 6.14. The minimum atomic E-state index is -1.01. The Morgan fingerprint density at radius 2 is 2.05 bits per heavy atom. The van der Waals surface area contributed by atoms with Gasteiger partial charge in [-0.2, -0.15) is 0 Å². The van der Waals surface area contributed by atoms with Crippen LogP contribution in [0.2, 0.25) is 0 Å². The summed E-state index contributed by atoms with van der Waals surface area (Å²) in [4.78, 5) is 11.3. The van der Waals surface area contributed by atoms with Gasteiger partial charge in [0, 0.05) is 18.0 Å². The first kappa shape index (κ1) is 15.8. The molecule has 0 saturated carbocycles. The predicted molar refractivity (Wildman–Crippen MR) is 78.2 cm³/mol. The van der Waals surface area contributed by atoms with Crippen molar-refractivity contribution in [1.29, 1.82) is 0 Å². The zero-order chi connectivity index (χ0) is 15.5. The van der Waals surface area contributed by atoms with Crippen molar-refractivity contribution in [3.8, 4) is 5.75 Å². The van der Waals surface area contributed by atoms with E-state index < -0.39 is 11.4 Å². The summed E-state index contributed by atoms with van der Waals surface area (Å²) in [5, 5.41) is 11.3. The van der Waals surface area contributed by atoms with Crippen LogP contribution in [0.15, 0.2) is 24.3 Å². The molecule has 4 nitrogen and oxygen atoms in total. The zero-order valence-corrected chi connectivity index (χ0v) is 13.0. The number of benzene rings is 1. The van der Waals surface area contributed by atoms with Gasteiger partial charge in [-0.3, -0.25) is 0 Å². The average Bonchev–Trinajstić information content (AvgIpc) is 2.47. The van der Waals surface area contributed by atoms with Crippen LogP contribution in [-0.4, -0.2) is 25.3 Å². The topological polar surface area (TPSA) is 58.6 Å². The van der Waals surface area contributed by atoms with E-state index >= 15 is 0 Å². The molecule has 1 aromatic carbocycles. The quantitative estimate of drug-likeness (QED) is 0.833. The van der Waals surface area contributed by atoms with Crippen molar-refractivity contribution in [2.24, 2.45) is 0 Å². The van der Waals surface area contributed by atoms with Crippen molar-refractivity contribution in [2.75, 3.05) is 13.7 Å². The van der Waals surface area contributed by atoms with Gasteiger partial charge in [-0.15, -0.1) is 0 Å². The molecule has 1 fully saturated rings. The number of rotatable bonds is 5. The molecule has 0 radical (unpaired) electrons. The van der Waals surface area contributed by atoms with E-state index in [1.807, 2.05) is 24.3 Å². The molecule has 0 N–H and O–H groups in total. The van der Waals surface area contributed by atoms with Gasteiger partial charge in [-0.05, 0) is 50.3 Å². The molecule has 0 bridgehead atoms. The van der Waals surface area contributed by atoms with E-state index in [0.717, 1.165) is 17.7 Å². The Kier molecular flexibility index (Phi) is 4.57. The summed E-state index contributed by atoms with van der Waals surface area (Å²) in [5.74, 6) is -0.237. The van der Waals surface area contributed by atoms with Gasteiger partial charge in [0.05, 0.1) is 12.7 Å². The maximum Gasteiger partial charge on any atom is 0.118 e. The van der Waals surface area contributed by atoms with Gasteiger partial charge in [0.15, 0.2) is 0 Å². The molecule has 1 aliphatic heterocycles. The first-order chi connectivity index (χ1) is 9.93. The molecular formula is C17H23O4-. The maximum atomic E-state index is 11.3. The fraction of sp³-hybridized carbons (Fsp3) is 0.588. The van der Waals surface area contributed by atoms with E-state index in [0.29, 0.717) is 19.4 Å². The Balaban J connectivity index is 2.38.